The number of benzene rings is 1. The van der Waals surface area contributed by atoms with Crippen molar-refractivity contribution in [3.05, 3.63) is 39.9 Å². The number of nitrogens with one attached hydrogen (secondary N) is 1. The first-order chi connectivity index (χ1) is 9.67. The van der Waals surface area contributed by atoms with Gasteiger partial charge in [0, 0.05) is 18.7 Å². The Labute approximate surface area is 131 Å². The molecule has 0 spiro atoms. The quantitative estimate of drug-likeness (QED) is 0.491. The standard InChI is InChI=1S/C13H14Cl2N2O4/c1-12(7-13(12,14)15)11(19)16-6-10(18)8-2-4-9(5-3-8)17(20)21/h2-5,10,18H,6-7H2,1H3,(H,16,19)/t10-,12+/m1/s1. The predicted molar refractivity (Wildman–Crippen MR) is 78.2 cm³/mol. The number of amides is 1. The number of aliphatic hydroxyl groups excluding tert-OH is 1. The average molecular weight is 333 g/mol. The predicted octanol–water partition coefficient (Wildman–Crippen LogP) is 2.33. The first-order valence-electron chi connectivity index (χ1n) is 6.26. The van der Waals surface area contributed by atoms with Crippen LogP contribution in [0.4, 0.5) is 5.69 Å². The molecule has 114 valence electrons. The maximum absolute atomic E-state index is 11.9. The van der Waals surface area contributed by atoms with Gasteiger partial charge in [-0.1, -0.05) is 0 Å². The molecule has 0 aliphatic heterocycles. The molecular weight excluding hydrogens is 319 g/mol. The van der Waals surface area contributed by atoms with Gasteiger partial charge in [-0.05, 0) is 31.0 Å². The minimum absolute atomic E-state index is 0.0178. The molecule has 0 unspecified atom stereocenters. The number of hydrogen-bond donors (Lipinski definition) is 2. The van der Waals surface area contributed by atoms with Crippen LogP contribution >= 0.6 is 23.2 Å². The average Bonchev–Trinajstić information content (AvgIpc) is 2.96. The fraction of sp³-hybridized carbons (Fsp3) is 0.462. The van der Waals surface area contributed by atoms with Crippen molar-refractivity contribution in [1.29, 1.82) is 0 Å². The zero-order valence-electron chi connectivity index (χ0n) is 11.2. The number of hydrogen-bond acceptors (Lipinski definition) is 4. The van der Waals surface area contributed by atoms with Gasteiger partial charge in [-0.3, -0.25) is 14.9 Å². The first kappa shape index (κ1) is 16.0. The number of nitro groups is 1. The van der Waals surface area contributed by atoms with Gasteiger partial charge in [0.05, 0.1) is 16.4 Å². The molecule has 1 aromatic rings. The van der Waals surface area contributed by atoms with Crippen molar-refractivity contribution >= 4 is 34.8 Å². The van der Waals surface area contributed by atoms with E-state index >= 15 is 0 Å². The number of carbonyl (C=O) groups is 1. The van der Waals surface area contributed by atoms with Gasteiger partial charge in [0.1, 0.15) is 4.33 Å². The summed E-state index contributed by atoms with van der Waals surface area (Å²) in [4.78, 5) is 22.0. The van der Waals surface area contributed by atoms with Crippen molar-refractivity contribution in [3.8, 4) is 0 Å². The Kier molecular flexibility index (Phi) is 4.15. The Balaban J connectivity index is 1.92. The monoisotopic (exact) mass is 332 g/mol. The molecule has 0 radical (unpaired) electrons. The molecule has 1 aromatic carbocycles. The maximum Gasteiger partial charge on any atom is 0.269 e. The number of nitro benzene ring substituents is 1. The molecule has 1 aliphatic carbocycles. The molecule has 6 nitrogen and oxygen atoms in total. The van der Waals surface area contributed by atoms with Crippen LogP contribution in [0.1, 0.15) is 25.0 Å². The van der Waals surface area contributed by atoms with Crippen LogP contribution in [0.25, 0.3) is 0 Å². The lowest BCUT2D eigenvalue weighted by atomic mass is 10.1. The van der Waals surface area contributed by atoms with Gasteiger partial charge in [-0.15, -0.1) is 23.2 Å². The van der Waals surface area contributed by atoms with E-state index in [4.69, 9.17) is 23.2 Å². The van der Waals surface area contributed by atoms with Crippen molar-refractivity contribution in [2.45, 2.75) is 23.8 Å². The molecule has 1 fully saturated rings. The van der Waals surface area contributed by atoms with Gasteiger partial charge in [0.15, 0.2) is 0 Å². The van der Waals surface area contributed by atoms with E-state index in [-0.39, 0.29) is 18.1 Å². The Bertz CT molecular complexity index is 576. The summed E-state index contributed by atoms with van der Waals surface area (Å²) in [7, 11) is 0. The van der Waals surface area contributed by atoms with E-state index in [1.54, 1.807) is 6.92 Å². The molecule has 1 amide bonds. The Morgan fingerprint density at radius 2 is 2.00 bits per heavy atom. The smallest absolute Gasteiger partial charge is 0.269 e. The topological polar surface area (TPSA) is 92.5 Å². The second-order valence-corrected chi connectivity index (χ2v) is 6.77. The second-order valence-electron chi connectivity index (χ2n) is 5.29. The van der Waals surface area contributed by atoms with Gasteiger partial charge < -0.3 is 10.4 Å². The molecule has 8 heteroatoms. The number of aliphatic hydroxyl groups is 1. The van der Waals surface area contributed by atoms with E-state index in [9.17, 15) is 20.0 Å². The van der Waals surface area contributed by atoms with Crippen LogP contribution in [0.15, 0.2) is 24.3 Å². The van der Waals surface area contributed by atoms with E-state index in [1.165, 1.54) is 24.3 Å². The number of halogens is 2. The van der Waals surface area contributed by atoms with Crippen molar-refractivity contribution in [1.82, 2.24) is 5.32 Å². The van der Waals surface area contributed by atoms with Crippen LogP contribution < -0.4 is 5.32 Å². The molecule has 2 rings (SSSR count). The molecular formula is C13H14Cl2N2O4. The molecule has 0 aromatic heterocycles. The van der Waals surface area contributed by atoms with Gasteiger partial charge in [0.2, 0.25) is 5.91 Å². The van der Waals surface area contributed by atoms with Crippen molar-refractivity contribution < 1.29 is 14.8 Å². The first-order valence-corrected chi connectivity index (χ1v) is 7.01. The fourth-order valence-electron chi connectivity index (χ4n) is 1.97. The summed E-state index contributed by atoms with van der Waals surface area (Å²) in [6, 6.07) is 5.48. The van der Waals surface area contributed by atoms with E-state index in [0.717, 1.165) is 0 Å². The highest BCUT2D eigenvalue weighted by Gasteiger charge is 2.67. The molecule has 1 aliphatic rings. The lowest BCUT2D eigenvalue weighted by Crippen LogP contribution is -2.36. The van der Waals surface area contributed by atoms with Crippen LogP contribution in [0.3, 0.4) is 0 Å². The van der Waals surface area contributed by atoms with E-state index in [1.807, 2.05) is 0 Å². The Morgan fingerprint density at radius 1 is 1.48 bits per heavy atom. The van der Waals surface area contributed by atoms with Crippen molar-refractivity contribution in [3.63, 3.8) is 0 Å². The molecule has 2 N–H and O–H groups in total. The summed E-state index contributed by atoms with van der Waals surface area (Å²) in [6.45, 7) is 1.64. The summed E-state index contributed by atoms with van der Waals surface area (Å²) in [6.07, 6.45) is -0.597. The summed E-state index contributed by atoms with van der Waals surface area (Å²) in [5, 5.41) is 23.1. The molecule has 1 saturated carbocycles. The number of nitrogens with zero attached hydrogens (tertiary/aromatic N) is 1. The summed E-state index contributed by atoms with van der Waals surface area (Å²) in [5.41, 5.74) is -0.426. The Hall–Kier alpha value is -1.37. The van der Waals surface area contributed by atoms with Crippen molar-refractivity contribution in [2.75, 3.05) is 6.54 Å². The molecule has 0 bridgehead atoms. The lowest BCUT2D eigenvalue weighted by Gasteiger charge is -2.16. The van der Waals surface area contributed by atoms with Gasteiger partial charge >= 0.3 is 0 Å². The summed E-state index contributed by atoms with van der Waals surface area (Å²) < 4.78 is -1.06. The molecule has 0 heterocycles. The minimum Gasteiger partial charge on any atom is -0.387 e. The van der Waals surface area contributed by atoms with Gasteiger partial charge in [0.25, 0.3) is 5.69 Å². The Morgan fingerprint density at radius 3 is 2.43 bits per heavy atom. The summed E-state index contributed by atoms with van der Waals surface area (Å²) >= 11 is 11.8. The highest BCUT2D eigenvalue weighted by molar-refractivity contribution is 6.53. The third-order valence-corrected chi connectivity index (χ3v) is 4.81. The number of carbonyl (C=O) groups excluding carboxylic acids is 1. The van der Waals surface area contributed by atoms with Crippen LogP contribution in [-0.2, 0) is 4.79 Å². The van der Waals surface area contributed by atoms with Crippen LogP contribution in [0.2, 0.25) is 0 Å². The van der Waals surface area contributed by atoms with E-state index < -0.39 is 20.8 Å². The third kappa shape index (κ3) is 3.12. The summed E-state index contributed by atoms with van der Waals surface area (Å²) in [5.74, 6) is -0.325. The fourth-order valence-corrected chi connectivity index (χ4v) is 2.67. The highest BCUT2D eigenvalue weighted by Crippen LogP contribution is 2.63. The van der Waals surface area contributed by atoms with Gasteiger partial charge in [-0.2, -0.15) is 0 Å². The minimum atomic E-state index is -1.06. The van der Waals surface area contributed by atoms with Crippen LogP contribution in [0, 0.1) is 15.5 Å². The van der Waals surface area contributed by atoms with Crippen LogP contribution in [-0.4, -0.2) is 26.8 Å². The SMILES string of the molecule is C[C@@]1(C(=O)NC[C@@H](O)c2ccc([N+](=O)[O-])cc2)CC1(Cl)Cl. The van der Waals surface area contributed by atoms with E-state index in [2.05, 4.69) is 5.32 Å². The van der Waals surface area contributed by atoms with Gasteiger partial charge in [-0.25, -0.2) is 0 Å². The third-order valence-electron chi connectivity index (χ3n) is 3.70. The van der Waals surface area contributed by atoms with Crippen molar-refractivity contribution in [2.24, 2.45) is 5.41 Å². The number of alkyl halides is 2. The molecule has 2 atom stereocenters. The lowest BCUT2D eigenvalue weighted by molar-refractivity contribution is -0.384. The number of rotatable bonds is 5. The maximum atomic E-state index is 11.9. The zero-order chi connectivity index (χ0) is 15.8. The molecule has 21 heavy (non-hydrogen) atoms. The van der Waals surface area contributed by atoms with Crippen LogP contribution in [0.5, 0.6) is 0 Å². The molecule has 0 saturated heterocycles. The number of non-ortho nitro benzene ring substituents is 1. The largest absolute Gasteiger partial charge is 0.387 e. The van der Waals surface area contributed by atoms with E-state index in [0.29, 0.717) is 12.0 Å². The zero-order valence-corrected chi connectivity index (χ0v) is 12.7. The highest BCUT2D eigenvalue weighted by atomic mass is 35.5. The second kappa shape index (κ2) is 5.44. The normalized spacial score (nSPS) is 24.2.